The maximum atomic E-state index is 12.4. The molecule has 0 spiro atoms. The lowest BCUT2D eigenvalue weighted by Crippen LogP contribution is -2.25. The highest BCUT2D eigenvalue weighted by Crippen LogP contribution is 2.27. The van der Waals surface area contributed by atoms with Gasteiger partial charge in [0.05, 0.1) is 0 Å². The normalized spacial score (nSPS) is 15.2. The number of carbonyl (C=O) groups is 1. The Hall–Kier alpha value is -2.73. The second kappa shape index (κ2) is 6.53. The average molecular weight is 350 g/mol. The van der Waals surface area contributed by atoms with E-state index in [1.54, 1.807) is 7.11 Å². The van der Waals surface area contributed by atoms with Gasteiger partial charge in [-0.2, -0.15) is 0 Å². The molecule has 0 saturated heterocycles. The predicted molar refractivity (Wildman–Crippen MR) is 99.1 cm³/mol. The molecule has 1 saturated carbocycles. The number of hydrogen-bond acceptors (Lipinski definition) is 4. The number of nitrogens with one attached hydrogen (secondary N) is 1. The summed E-state index contributed by atoms with van der Waals surface area (Å²) in [5.41, 5.74) is 4.60. The van der Waals surface area contributed by atoms with Crippen LogP contribution in [0.3, 0.4) is 0 Å². The Bertz CT molecular complexity index is 975. The first kappa shape index (κ1) is 16.7. The van der Waals surface area contributed by atoms with Crippen LogP contribution in [0.5, 0.6) is 0 Å². The average Bonchev–Trinajstić information content (AvgIpc) is 3.36. The summed E-state index contributed by atoms with van der Waals surface area (Å²) in [5.74, 6) is 0.761. The van der Waals surface area contributed by atoms with Gasteiger partial charge in [0.25, 0.3) is 5.91 Å². The van der Waals surface area contributed by atoms with Gasteiger partial charge in [0.2, 0.25) is 0 Å². The monoisotopic (exact) mass is 350 g/mol. The molecule has 2 aromatic heterocycles. The van der Waals surface area contributed by atoms with Crippen LogP contribution in [0.2, 0.25) is 0 Å². The minimum absolute atomic E-state index is 0.00601. The van der Waals surface area contributed by atoms with Crippen LogP contribution in [0.25, 0.3) is 16.8 Å². The van der Waals surface area contributed by atoms with Crippen molar-refractivity contribution < 1.29 is 9.53 Å². The molecule has 1 amide bonds. The molecule has 1 N–H and O–H groups in total. The van der Waals surface area contributed by atoms with Crippen LogP contribution in [0.1, 0.15) is 47.6 Å². The van der Waals surface area contributed by atoms with Gasteiger partial charge < -0.3 is 10.1 Å². The smallest absolute Gasteiger partial charge is 0.251 e. The summed E-state index contributed by atoms with van der Waals surface area (Å²) in [6, 6.07) is 10.2. The highest BCUT2D eigenvalue weighted by Gasteiger charge is 2.24. The van der Waals surface area contributed by atoms with Crippen molar-refractivity contribution in [3.05, 3.63) is 53.5 Å². The van der Waals surface area contributed by atoms with Gasteiger partial charge in [-0.25, -0.2) is 0 Å². The molecule has 3 aromatic rings. The Morgan fingerprint density at radius 3 is 2.81 bits per heavy atom. The molecule has 1 atom stereocenters. The first-order valence-corrected chi connectivity index (χ1v) is 8.86. The zero-order chi connectivity index (χ0) is 18.3. The number of aryl methyl sites for hydroxylation is 1. The van der Waals surface area contributed by atoms with Crippen molar-refractivity contribution in [3.63, 3.8) is 0 Å². The quantitative estimate of drug-likeness (QED) is 0.766. The van der Waals surface area contributed by atoms with Crippen LogP contribution in [-0.4, -0.2) is 33.7 Å². The van der Waals surface area contributed by atoms with E-state index < -0.39 is 0 Å². The van der Waals surface area contributed by atoms with Crippen LogP contribution in [0.4, 0.5) is 0 Å². The van der Waals surface area contributed by atoms with Crippen molar-refractivity contribution in [1.82, 2.24) is 19.9 Å². The lowest BCUT2D eigenvalue weighted by Gasteiger charge is -2.11. The number of ether oxygens (including phenoxy) is 1. The molecule has 134 valence electrons. The number of hydrogen-bond donors (Lipinski definition) is 1. The van der Waals surface area contributed by atoms with Gasteiger partial charge in [-0.3, -0.25) is 9.20 Å². The standard InChI is InChI=1S/C20H22N4O2/c1-12-4-5-15(20(25)21-16-6-7-16)10-17(12)14-8-9-24-18(11-14)22-23-19(24)13(2)26-3/h4-5,8-11,13,16H,6-7H2,1-3H3,(H,21,25)/t13-/m0/s1. The third kappa shape index (κ3) is 3.08. The van der Waals surface area contributed by atoms with Crippen LogP contribution < -0.4 is 5.32 Å². The lowest BCUT2D eigenvalue weighted by atomic mass is 9.98. The summed E-state index contributed by atoms with van der Waals surface area (Å²) in [4.78, 5) is 12.4. The summed E-state index contributed by atoms with van der Waals surface area (Å²) in [6.07, 6.45) is 3.98. The van der Waals surface area contributed by atoms with Crippen LogP contribution in [-0.2, 0) is 4.74 Å². The Morgan fingerprint density at radius 2 is 2.08 bits per heavy atom. The van der Waals surface area contributed by atoms with E-state index in [1.165, 1.54) is 0 Å². The van der Waals surface area contributed by atoms with E-state index in [0.717, 1.165) is 41.0 Å². The summed E-state index contributed by atoms with van der Waals surface area (Å²) >= 11 is 0. The van der Waals surface area contributed by atoms with Crippen LogP contribution >= 0.6 is 0 Å². The SMILES string of the molecule is CO[C@@H](C)c1nnc2cc(-c3cc(C(=O)NC4CC4)ccc3C)ccn12. The van der Waals surface area contributed by atoms with Gasteiger partial charge in [0, 0.05) is 24.9 Å². The van der Waals surface area contributed by atoms with E-state index in [9.17, 15) is 4.79 Å². The van der Waals surface area contributed by atoms with E-state index in [0.29, 0.717) is 11.6 Å². The molecular weight excluding hydrogens is 328 g/mol. The zero-order valence-electron chi connectivity index (χ0n) is 15.2. The second-order valence-corrected chi connectivity index (χ2v) is 6.86. The number of pyridine rings is 1. The van der Waals surface area contributed by atoms with Gasteiger partial charge in [-0.05, 0) is 67.6 Å². The molecular formula is C20H22N4O2. The van der Waals surface area contributed by atoms with Crippen molar-refractivity contribution in [2.24, 2.45) is 0 Å². The minimum atomic E-state index is -0.132. The third-order valence-electron chi connectivity index (χ3n) is 4.88. The molecule has 26 heavy (non-hydrogen) atoms. The molecule has 1 aliphatic rings. The maximum Gasteiger partial charge on any atom is 0.251 e. The molecule has 0 unspecified atom stereocenters. The van der Waals surface area contributed by atoms with Crippen molar-refractivity contribution in [3.8, 4) is 11.1 Å². The van der Waals surface area contributed by atoms with Gasteiger partial charge >= 0.3 is 0 Å². The fourth-order valence-corrected chi connectivity index (χ4v) is 3.03. The predicted octanol–water partition coefficient (Wildman–Crippen LogP) is 3.30. The highest BCUT2D eigenvalue weighted by molar-refractivity contribution is 5.96. The largest absolute Gasteiger partial charge is 0.374 e. The van der Waals surface area contributed by atoms with Crippen molar-refractivity contribution in [2.75, 3.05) is 7.11 Å². The van der Waals surface area contributed by atoms with E-state index in [2.05, 4.69) is 15.5 Å². The van der Waals surface area contributed by atoms with Gasteiger partial charge in [0.1, 0.15) is 6.10 Å². The number of fused-ring (bicyclic) bond motifs is 1. The van der Waals surface area contributed by atoms with Gasteiger partial charge in [-0.15, -0.1) is 10.2 Å². The summed E-state index contributed by atoms with van der Waals surface area (Å²) in [5, 5.41) is 11.5. The van der Waals surface area contributed by atoms with E-state index >= 15 is 0 Å². The molecule has 6 heteroatoms. The van der Waals surface area contributed by atoms with E-state index in [1.807, 2.05) is 54.8 Å². The van der Waals surface area contributed by atoms with Crippen molar-refractivity contribution in [2.45, 2.75) is 38.8 Å². The number of aromatic nitrogens is 3. The second-order valence-electron chi connectivity index (χ2n) is 6.86. The number of methoxy groups -OCH3 is 1. The number of rotatable bonds is 5. The minimum Gasteiger partial charge on any atom is -0.374 e. The number of nitrogens with zero attached hydrogens (tertiary/aromatic N) is 3. The molecule has 1 aromatic carbocycles. The third-order valence-corrected chi connectivity index (χ3v) is 4.88. The molecule has 0 radical (unpaired) electrons. The van der Waals surface area contributed by atoms with Crippen LogP contribution in [0, 0.1) is 6.92 Å². The summed E-state index contributed by atoms with van der Waals surface area (Å²) in [7, 11) is 1.65. The number of amides is 1. The first-order valence-electron chi connectivity index (χ1n) is 8.86. The Morgan fingerprint density at radius 1 is 1.27 bits per heavy atom. The number of benzene rings is 1. The molecule has 1 aliphatic carbocycles. The van der Waals surface area contributed by atoms with Gasteiger partial charge in [0.15, 0.2) is 11.5 Å². The zero-order valence-corrected chi connectivity index (χ0v) is 15.2. The summed E-state index contributed by atoms with van der Waals surface area (Å²) in [6.45, 7) is 3.99. The molecule has 0 aliphatic heterocycles. The van der Waals surface area contributed by atoms with Gasteiger partial charge in [-0.1, -0.05) is 6.07 Å². The van der Waals surface area contributed by atoms with Crippen molar-refractivity contribution in [1.29, 1.82) is 0 Å². The van der Waals surface area contributed by atoms with Crippen LogP contribution in [0.15, 0.2) is 36.5 Å². The van der Waals surface area contributed by atoms with E-state index in [-0.39, 0.29) is 12.0 Å². The molecule has 6 nitrogen and oxygen atoms in total. The summed E-state index contributed by atoms with van der Waals surface area (Å²) < 4.78 is 7.27. The first-order chi connectivity index (χ1) is 12.6. The highest BCUT2D eigenvalue weighted by atomic mass is 16.5. The van der Waals surface area contributed by atoms with Crippen molar-refractivity contribution >= 4 is 11.6 Å². The number of carbonyl (C=O) groups excluding carboxylic acids is 1. The molecule has 0 bridgehead atoms. The van der Waals surface area contributed by atoms with E-state index in [4.69, 9.17) is 4.74 Å². The molecule has 1 fully saturated rings. The maximum absolute atomic E-state index is 12.4. The fraction of sp³-hybridized carbons (Fsp3) is 0.350. The molecule has 4 rings (SSSR count). The lowest BCUT2D eigenvalue weighted by molar-refractivity contribution is 0.0951. The Balaban J connectivity index is 1.71. The molecule has 2 heterocycles. The Kier molecular flexibility index (Phi) is 4.20. The fourth-order valence-electron chi connectivity index (χ4n) is 3.03. The Labute approximate surface area is 152 Å². The topological polar surface area (TPSA) is 68.5 Å².